The van der Waals surface area contributed by atoms with Crippen molar-refractivity contribution in [2.45, 2.75) is 71.3 Å². The van der Waals surface area contributed by atoms with Gasteiger partial charge in [0.25, 0.3) is 0 Å². The molecule has 1 aromatic carbocycles. The average molecular weight is 247 g/mol. The van der Waals surface area contributed by atoms with Gasteiger partial charge in [0, 0.05) is 11.7 Å². The quantitative estimate of drug-likeness (QED) is 0.528. The molecule has 0 unspecified atom stereocenters. The molecule has 1 heteroatoms. The molecule has 0 aliphatic rings. The van der Waals surface area contributed by atoms with Gasteiger partial charge in [0.05, 0.1) is 0 Å². The lowest BCUT2D eigenvalue weighted by Crippen LogP contribution is -2.19. The van der Waals surface area contributed by atoms with E-state index in [0.29, 0.717) is 6.04 Å². The smallest absolute Gasteiger partial charge is 0.0342 e. The van der Waals surface area contributed by atoms with E-state index in [9.17, 15) is 0 Å². The zero-order chi connectivity index (χ0) is 13.1. The largest absolute Gasteiger partial charge is 0.382 e. The highest BCUT2D eigenvalue weighted by molar-refractivity contribution is 5.43. The Labute approximate surface area is 113 Å². The van der Waals surface area contributed by atoms with Crippen LogP contribution in [0.15, 0.2) is 30.3 Å². The molecule has 0 fully saturated rings. The molecule has 1 aromatic rings. The number of rotatable bonds is 10. The monoisotopic (exact) mass is 247 g/mol. The van der Waals surface area contributed by atoms with Crippen LogP contribution in [0.4, 0.5) is 5.69 Å². The van der Waals surface area contributed by atoms with Gasteiger partial charge in [0.1, 0.15) is 0 Å². The fourth-order valence-electron chi connectivity index (χ4n) is 2.34. The van der Waals surface area contributed by atoms with E-state index in [0.717, 1.165) is 0 Å². The van der Waals surface area contributed by atoms with Crippen LogP contribution in [0.3, 0.4) is 0 Å². The predicted molar refractivity (Wildman–Crippen MR) is 82.1 cm³/mol. The fourth-order valence-corrected chi connectivity index (χ4v) is 2.34. The minimum Gasteiger partial charge on any atom is -0.382 e. The molecular weight excluding hydrogens is 218 g/mol. The molecule has 0 bridgehead atoms. The number of para-hydroxylation sites is 1. The Kier molecular flexibility index (Phi) is 8.37. The van der Waals surface area contributed by atoms with Crippen LogP contribution >= 0.6 is 0 Å². The number of anilines is 1. The van der Waals surface area contributed by atoms with Crippen molar-refractivity contribution in [1.29, 1.82) is 0 Å². The van der Waals surface area contributed by atoms with Crippen molar-refractivity contribution in [3.63, 3.8) is 0 Å². The van der Waals surface area contributed by atoms with E-state index in [1.807, 2.05) is 0 Å². The Balaban J connectivity index is 2.37. The minimum atomic E-state index is 0.658. The molecule has 0 saturated heterocycles. The Morgan fingerprint density at radius 1 is 0.833 bits per heavy atom. The van der Waals surface area contributed by atoms with Crippen LogP contribution in [-0.2, 0) is 0 Å². The van der Waals surface area contributed by atoms with Crippen molar-refractivity contribution < 1.29 is 0 Å². The summed E-state index contributed by atoms with van der Waals surface area (Å²) in [6.45, 7) is 4.55. The summed E-state index contributed by atoms with van der Waals surface area (Å²) in [6.07, 6.45) is 10.7. The van der Waals surface area contributed by atoms with E-state index < -0.39 is 0 Å². The van der Waals surface area contributed by atoms with Gasteiger partial charge >= 0.3 is 0 Å². The molecule has 0 heterocycles. The molecular formula is C17H29N. The SMILES string of the molecule is CCCCCC(CCCCC)Nc1ccccc1. The first kappa shape index (κ1) is 15.1. The van der Waals surface area contributed by atoms with Gasteiger partial charge < -0.3 is 5.32 Å². The lowest BCUT2D eigenvalue weighted by Gasteiger charge is -2.20. The van der Waals surface area contributed by atoms with Gasteiger partial charge in [-0.3, -0.25) is 0 Å². The number of unbranched alkanes of at least 4 members (excludes halogenated alkanes) is 4. The molecule has 1 rings (SSSR count). The summed E-state index contributed by atoms with van der Waals surface area (Å²) < 4.78 is 0. The number of benzene rings is 1. The van der Waals surface area contributed by atoms with E-state index in [-0.39, 0.29) is 0 Å². The normalized spacial score (nSPS) is 10.8. The number of nitrogens with one attached hydrogen (secondary N) is 1. The van der Waals surface area contributed by atoms with E-state index in [1.165, 1.54) is 57.1 Å². The first-order chi connectivity index (χ1) is 8.86. The van der Waals surface area contributed by atoms with Gasteiger partial charge in [-0.05, 0) is 25.0 Å². The molecule has 0 spiro atoms. The Morgan fingerprint density at radius 3 is 1.89 bits per heavy atom. The molecule has 1 nitrogen and oxygen atoms in total. The summed E-state index contributed by atoms with van der Waals surface area (Å²) in [4.78, 5) is 0. The molecule has 0 amide bonds. The molecule has 0 saturated carbocycles. The molecule has 102 valence electrons. The van der Waals surface area contributed by atoms with Gasteiger partial charge in [-0.15, -0.1) is 0 Å². The highest BCUT2D eigenvalue weighted by atomic mass is 14.9. The van der Waals surface area contributed by atoms with E-state index in [4.69, 9.17) is 0 Å². The van der Waals surface area contributed by atoms with E-state index in [1.54, 1.807) is 0 Å². The van der Waals surface area contributed by atoms with E-state index in [2.05, 4.69) is 49.5 Å². The maximum absolute atomic E-state index is 3.70. The zero-order valence-corrected chi connectivity index (χ0v) is 12.1. The van der Waals surface area contributed by atoms with E-state index >= 15 is 0 Å². The number of hydrogen-bond acceptors (Lipinski definition) is 1. The lowest BCUT2D eigenvalue weighted by atomic mass is 10.0. The van der Waals surface area contributed by atoms with Gasteiger partial charge in [0.15, 0.2) is 0 Å². The van der Waals surface area contributed by atoms with Crippen LogP contribution in [0.5, 0.6) is 0 Å². The van der Waals surface area contributed by atoms with Gasteiger partial charge in [0.2, 0.25) is 0 Å². The lowest BCUT2D eigenvalue weighted by molar-refractivity contribution is 0.526. The second-order valence-electron chi connectivity index (χ2n) is 5.20. The average Bonchev–Trinajstić information content (AvgIpc) is 2.40. The van der Waals surface area contributed by atoms with Crippen LogP contribution < -0.4 is 5.32 Å². The first-order valence-electron chi connectivity index (χ1n) is 7.68. The van der Waals surface area contributed by atoms with Crippen LogP contribution in [0, 0.1) is 0 Å². The fraction of sp³-hybridized carbons (Fsp3) is 0.647. The number of hydrogen-bond donors (Lipinski definition) is 1. The van der Waals surface area contributed by atoms with Crippen LogP contribution in [0.2, 0.25) is 0 Å². The molecule has 18 heavy (non-hydrogen) atoms. The van der Waals surface area contributed by atoms with Crippen molar-refractivity contribution in [1.82, 2.24) is 0 Å². The zero-order valence-electron chi connectivity index (χ0n) is 12.1. The molecule has 1 N–H and O–H groups in total. The van der Waals surface area contributed by atoms with Crippen molar-refractivity contribution in [2.24, 2.45) is 0 Å². The van der Waals surface area contributed by atoms with Crippen LogP contribution in [0.1, 0.15) is 65.2 Å². The van der Waals surface area contributed by atoms with Gasteiger partial charge in [-0.2, -0.15) is 0 Å². The molecule has 0 atom stereocenters. The Morgan fingerprint density at radius 2 is 1.39 bits per heavy atom. The van der Waals surface area contributed by atoms with Crippen LogP contribution in [-0.4, -0.2) is 6.04 Å². The second-order valence-corrected chi connectivity index (χ2v) is 5.20. The molecule has 0 aromatic heterocycles. The minimum absolute atomic E-state index is 0.658. The predicted octanol–water partition coefficient (Wildman–Crippen LogP) is 5.63. The second kappa shape index (κ2) is 9.99. The van der Waals surface area contributed by atoms with Crippen molar-refractivity contribution in [3.05, 3.63) is 30.3 Å². The molecule has 0 aliphatic carbocycles. The molecule has 0 radical (unpaired) electrons. The van der Waals surface area contributed by atoms with Crippen LogP contribution in [0.25, 0.3) is 0 Å². The van der Waals surface area contributed by atoms with Crippen molar-refractivity contribution in [2.75, 3.05) is 5.32 Å². The Bertz CT molecular complexity index is 271. The summed E-state index contributed by atoms with van der Waals surface area (Å²) in [7, 11) is 0. The third kappa shape index (κ3) is 6.68. The summed E-state index contributed by atoms with van der Waals surface area (Å²) in [5.41, 5.74) is 1.27. The van der Waals surface area contributed by atoms with Gasteiger partial charge in [-0.25, -0.2) is 0 Å². The molecule has 0 aliphatic heterocycles. The van der Waals surface area contributed by atoms with Crippen molar-refractivity contribution in [3.8, 4) is 0 Å². The standard InChI is InChI=1S/C17H29N/c1-3-5-8-12-16(13-9-6-4-2)18-17-14-10-7-11-15-17/h7,10-11,14-16,18H,3-6,8-9,12-13H2,1-2H3. The van der Waals surface area contributed by atoms with Gasteiger partial charge in [-0.1, -0.05) is 70.6 Å². The highest BCUT2D eigenvalue weighted by Crippen LogP contribution is 2.16. The maximum atomic E-state index is 3.70. The maximum Gasteiger partial charge on any atom is 0.0342 e. The van der Waals surface area contributed by atoms with Crippen molar-refractivity contribution >= 4 is 5.69 Å². The first-order valence-corrected chi connectivity index (χ1v) is 7.68. The summed E-state index contributed by atoms with van der Waals surface area (Å²) in [5, 5.41) is 3.70. The summed E-state index contributed by atoms with van der Waals surface area (Å²) >= 11 is 0. The summed E-state index contributed by atoms with van der Waals surface area (Å²) in [5.74, 6) is 0. The third-order valence-electron chi connectivity index (χ3n) is 3.46. The summed E-state index contributed by atoms with van der Waals surface area (Å²) in [6, 6.07) is 11.3. The third-order valence-corrected chi connectivity index (χ3v) is 3.46. The highest BCUT2D eigenvalue weighted by Gasteiger charge is 2.07. The Hall–Kier alpha value is -0.980. The topological polar surface area (TPSA) is 12.0 Å².